The first kappa shape index (κ1) is 10.0. The summed E-state index contributed by atoms with van der Waals surface area (Å²) in [5.41, 5.74) is 0.796. The molecule has 0 bridgehead atoms. The fraction of sp³-hybridized carbons (Fsp3) is 0.200. The maximum atomic E-state index is 5.56. The Morgan fingerprint density at radius 3 is 3.13 bits per heavy atom. The van der Waals surface area contributed by atoms with Crippen LogP contribution in [0.1, 0.15) is 5.69 Å². The number of nitrogens with zero attached hydrogens (tertiary/aromatic N) is 2. The Bertz CT molecular complexity index is 416. The summed E-state index contributed by atoms with van der Waals surface area (Å²) in [4.78, 5) is 1.19. The summed E-state index contributed by atoms with van der Waals surface area (Å²) in [7, 11) is 0. The van der Waals surface area contributed by atoms with Crippen LogP contribution in [0.5, 0.6) is 5.75 Å². The topological polar surface area (TPSA) is 50.8 Å². The number of hydrogen-bond donors (Lipinski definition) is 1. The van der Waals surface area contributed by atoms with Crippen molar-refractivity contribution in [2.45, 2.75) is 11.5 Å². The summed E-state index contributed by atoms with van der Waals surface area (Å²) in [6.45, 7) is 0.439. The first-order valence-electron chi connectivity index (χ1n) is 4.50. The standard InChI is InChI=1S/C10H11N3OS/c1-15-10-4-2-3-9(5-10)14-7-8-6-11-13-12-8/h2-6H,7H2,1H3,(H,11,12,13). The van der Waals surface area contributed by atoms with E-state index in [0.29, 0.717) is 6.61 Å². The van der Waals surface area contributed by atoms with Crippen LogP contribution in [0.15, 0.2) is 35.4 Å². The van der Waals surface area contributed by atoms with E-state index in [9.17, 15) is 0 Å². The molecule has 0 fully saturated rings. The summed E-state index contributed by atoms with van der Waals surface area (Å²) < 4.78 is 5.56. The van der Waals surface area contributed by atoms with Crippen LogP contribution in [0.3, 0.4) is 0 Å². The third kappa shape index (κ3) is 2.73. The lowest BCUT2D eigenvalue weighted by Crippen LogP contribution is -1.95. The molecule has 0 atom stereocenters. The lowest BCUT2D eigenvalue weighted by atomic mass is 10.3. The van der Waals surface area contributed by atoms with Crippen molar-refractivity contribution in [3.8, 4) is 5.75 Å². The molecule has 0 unspecified atom stereocenters. The lowest BCUT2D eigenvalue weighted by molar-refractivity contribution is 0.300. The average Bonchev–Trinajstić information content (AvgIpc) is 2.79. The summed E-state index contributed by atoms with van der Waals surface area (Å²) >= 11 is 1.69. The summed E-state index contributed by atoms with van der Waals surface area (Å²) in [6.07, 6.45) is 3.69. The molecular weight excluding hydrogens is 210 g/mol. The number of ether oxygens (including phenoxy) is 1. The molecule has 2 rings (SSSR count). The Kier molecular flexibility index (Phi) is 3.24. The van der Waals surface area contributed by atoms with Crippen molar-refractivity contribution in [2.24, 2.45) is 0 Å². The van der Waals surface area contributed by atoms with Crippen molar-refractivity contribution in [1.82, 2.24) is 15.4 Å². The number of hydrogen-bond acceptors (Lipinski definition) is 4. The van der Waals surface area contributed by atoms with E-state index >= 15 is 0 Å². The van der Waals surface area contributed by atoms with Gasteiger partial charge in [-0.15, -0.1) is 11.8 Å². The van der Waals surface area contributed by atoms with Crippen LogP contribution in [-0.4, -0.2) is 21.7 Å². The van der Waals surface area contributed by atoms with Gasteiger partial charge < -0.3 is 4.74 Å². The van der Waals surface area contributed by atoms with Crippen LogP contribution in [0.4, 0.5) is 0 Å². The van der Waals surface area contributed by atoms with Crippen molar-refractivity contribution in [2.75, 3.05) is 6.26 Å². The molecule has 78 valence electrons. The van der Waals surface area contributed by atoms with Crippen LogP contribution < -0.4 is 4.74 Å². The van der Waals surface area contributed by atoms with E-state index in [2.05, 4.69) is 15.4 Å². The largest absolute Gasteiger partial charge is 0.487 e. The van der Waals surface area contributed by atoms with Crippen LogP contribution in [0, 0.1) is 0 Å². The highest BCUT2D eigenvalue weighted by Crippen LogP contribution is 2.21. The minimum atomic E-state index is 0.439. The second kappa shape index (κ2) is 4.84. The molecule has 5 heteroatoms. The molecule has 0 amide bonds. The molecule has 0 aliphatic heterocycles. The maximum absolute atomic E-state index is 5.56. The van der Waals surface area contributed by atoms with E-state index in [0.717, 1.165) is 11.4 Å². The predicted molar refractivity (Wildman–Crippen MR) is 58.9 cm³/mol. The Morgan fingerprint density at radius 2 is 2.40 bits per heavy atom. The van der Waals surface area contributed by atoms with Crippen LogP contribution in [-0.2, 0) is 6.61 Å². The minimum Gasteiger partial charge on any atom is -0.487 e. The van der Waals surface area contributed by atoms with Gasteiger partial charge in [0.1, 0.15) is 18.1 Å². The van der Waals surface area contributed by atoms with Crippen molar-refractivity contribution in [3.63, 3.8) is 0 Å². The molecule has 1 aromatic heterocycles. The van der Waals surface area contributed by atoms with Gasteiger partial charge in [0.15, 0.2) is 0 Å². The molecule has 2 aromatic rings. The fourth-order valence-corrected chi connectivity index (χ4v) is 1.59. The van der Waals surface area contributed by atoms with Gasteiger partial charge >= 0.3 is 0 Å². The van der Waals surface area contributed by atoms with Crippen molar-refractivity contribution < 1.29 is 4.74 Å². The SMILES string of the molecule is CSc1cccc(OCc2cn[nH]n2)c1. The quantitative estimate of drug-likeness (QED) is 0.803. The molecule has 4 nitrogen and oxygen atoms in total. The molecule has 1 N–H and O–H groups in total. The Labute approximate surface area is 92.0 Å². The van der Waals surface area contributed by atoms with Crippen LogP contribution in [0.2, 0.25) is 0 Å². The molecule has 0 aliphatic rings. The molecule has 0 aliphatic carbocycles. The molecule has 15 heavy (non-hydrogen) atoms. The van der Waals surface area contributed by atoms with E-state index in [1.54, 1.807) is 18.0 Å². The first-order chi connectivity index (χ1) is 7.38. The van der Waals surface area contributed by atoms with Gasteiger partial charge in [-0.2, -0.15) is 15.4 Å². The average molecular weight is 221 g/mol. The number of aromatic amines is 1. The highest BCUT2D eigenvalue weighted by atomic mass is 32.2. The Balaban J connectivity index is 1.98. The zero-order valence-electron chi connectivity index (χ0n) is 8.30. The zero-order valence-corrected chi connectivity index (χ0v) is 9.12. The van der Waals surface area contributed by atoms with Crippen LogP contribution >= 0.6 is 11.8 Å². The second-order valence-electron chi connectivity index (χ2n) is 2.93. The van der Waals surface area contributed by atoms with E-state index in [-0.39, 0.29) is 0 Å². The third-order valence-corrected chi connectivity index (χ3v) is 2.62. The highest BCUT2D eigenvalue weighted by Gasteiger charge is 1.98. The lowest BCUT2D eigenvalue weighted by Gasteiger charge is -2.04. The van der Waals surface area contributed by atoms with Gasteiger partial charge in [-0.1, -0.05) is 6.07 Å². The van der Waals surface area contributed by atoms with Gasteiger partial charge in [-0.3, -0.25) is 0 Å². The summed E-state index contributed by atoms with van der Waals surface area (Å²) in [6, 6.07) is 7.96. The number of H-pyrrole nitrogens is 1. The number of rotatable bonds is 4. The summed E-state index contributed by atoms with van der Waals surface area (Å²) in [5, 5.41) is 10.2. The van der Waals surface area contributed by atoms with Gasteiger partial charge in [-0.05, 0) is 24.5 Å². The third-order valence-electron chi connectivity index (χ3n) is 1.89. The number of aromatic nitrogens is 3. The zero-order chi connectivity index (χ0) is 10.5. The second-order valence-corrected chi connectivity index (χ2v) is 3.81. The molecular formula is C10H11N3OS. The van der Waals surface area contributed by atoms with Crippen molar-refractivity contribution in [1.29, 1.82) is 0 Å². The van der Waals surface area contributed by atoms with Gasteiger partial charge in [0, 0.05) is 4.90 Å². The number of nitrogens with one attached hydrogen (secondary N) is 1. The number of thioether (sulfide) groups is 1. The number of benzene rings is 1. The van der Waals surface area contributed by atoms with Crippen molar-refractivity contribution in [3.05, 3.63) is 36.2 Å². The molecule has 1 aromatic carbocycles. The summed E-state index contributed by atoms with van der Waals surface area (Å²) in [5.74, 6) is 0.852. The molecule has 1 heterocycles. The van der Waals surface area contributed by atoms with Crippen molar-refractivity contribution >= 4 is 11.8 Å². The van der Waals surface area contributed by atoms with Gasteiger partial charge in [0.25, 0.3) is 0 Å². The smallest absolute Gasteiger partial charge is 0.134 e. The molecule has 0 saturated heterocycles. The molecule has 0 radical (unpaired) electrons. The predicted octanol–water partition coefficient (Wildman–Crippen LogP) is 2.11. The van der Waals surface area contributed by atoms with E-state index in [1.807, 2.05) is 30.5 Å². The van der Waals surface area contributed by atoms with E-state index < -0.39 is 0 Å². The molecule has 0 saturated carbocycles. The normalized spacial score (nSPS) is 10.2. The minimum absolute atomic E-state index is 0.439. The first-order valence-corrected chi connectivity index (χ1v) is 5.72. The highest BCUT2D eigenvalue weighted by molar-refractivity contribution is 7.98. The van der Waals surface area contributed by atoms with Gasteiger partial charge in [0.05, 0.1) is 6.20 Å². The fourth-order valence-electron chi connectivity index (χ4n) is 1.14. The van der Waals surface area contributed by atoms with E-state index in [4.69, 9.17) is 4.74 Å². The van der Waals surface area contributed by atoms with Crippen LogP contribution in [0.25, 0.3) is 0 Å². The molecule has 0 spiro atoms. The van der Waals surface area contributed by atoms with Gasteiger partial charge in [-0.25, -0.2) is 0 Å². The maximum Gasteiger partial charge on any atom is 0.134 e. The van der Waals surface area contributed by atoms with Gasteiger partial charge in [0.2, 0.25) is 0 Å². The Hall–Kier alpha value is -1.49. The monoisotopic (exact) mass is 221 g/mol. The Morgan fingerprint density at radius 1 is 1.47 bits per heavy atom. The van der Waals surface area contributed by atoms with E-state index in [1.165, 1.54) is 4.90 Å².